The van der Waals surface area contributed by atoms with Crippen molar-refractivity contribution in [1.29, 1.82) is 0 Å². The van der Waals surface area contributed by atoms with Gasteiger partial charge in [-0.05, 0) is 30.7 Å². The summed E-state index contributed by atoms with van der Waals surface area (Å²) in [5.74, 6) is 0.789. The molecule has 0 spiro atoms. The largest absolute Gasteiger partial charge is 0.497 e. The zero-order chi connectivity index (χ0) is 12.7. The molecule has 2 amide bonds. The molecule has 0 fully saturated rings. The minimum atomic E-state index is -0.681. The van der Waals surface area contributed by atoms with Crippen molar-refractivity contribution in [3.8, 4) is 5.75 Å². The third-order valence-electron chi connectivity index (χ3n) is 1.95. The van der Waals surface area contributed by atoms with Crippen LogP contribution in [0.15, 0.2) is 35.4 Å². The summed E-state index contributed by atoms with van der Waals surface area (Å²) >= 11 is 0. The van der Waals surface area contributed by atoms with E-state index in [2.05, 4.69) is 10.5 Å². The molecule has 1 aromatic rings. The molecule has 3 N–H and O–H groups in total. The van der Waals surface area contributed by atoms with Gasteiger partial charge in [0, 0.05) is 0 Å². The van der Waals surface area contributed by atoms with E-state index in [1.165, 1.54) is 0 Å². The summed E-state index contributed by atoms with van der Waals surface area (Å²) in [5.41, 5.74) is 8.67. The Balaban J connectivity index is 2.69. The molecule has 0 aliphatic rings. The number of urea groups is 1. The fourth-order valence-corrected chi connectivity index (χ4v) is 1.14. The summed E-state index contributed by atoms with van der Waals surface area (Å²) in [6.45, 7) is 1.76. The van der Waals surface area contributed by atoms with Gasteiger partial charge in [0.15, 0.2) is 0 Å². The standard InChI is InChI=1S/C12H15N3O2/c1-9(14-15-12(13)16)6-7-10-4-3-5-11(8-10)17-2/h3-8H,1-2H3,(H3,13,15,16)/b7-6+,14-9-. The number of carbonyl (C=O) groups is 1. The lowest BCUT2D eigenvalue weighted by atomic mass is 10.2. The van der Waals surface area contributed by atoms with Crippen LogP contribution in [0.2, 0.25) is 0 Å². The Morgan fingerprint density at radius 1 is 1.53 bits per heavy atom. The maximum atomic E-state index is 10.4. The molecule has 1 rings (SSSR count). The van der Waals surface area contributed by atoms with E-state index in [1.54, 1.807) is 20.1 Å². The lowest BCUT2D eigenvalue weighted by Gasteiger charge is -2.00. The quantitative estimate of drug-likeness (QED) is 0.614. The molecule has 5 nitrogen and oxygen atoms in total. The molecule has 0 saturated heterocycles. The number of allylic oxidation sites excluding steroid dienone is 1. The van der Waals surface area contributed by atoms with Crippen molar-refractivity contribution in [1.82, 2.24) is 5.43 Å². The van der Waals surface area contributed by atoms with Gasteiger partial charge in [-0.3, -0.25) is 0 Å². The van der Waals surface area contributed by atoms with Crippen LogP contribution in [0.1, 0.15) is 12.5 Å². The van der Waals surface area contributed by atoms with E-state index in [0.29, 0.717) is 5.71 Å². The smallest absolute Gasteiger partial charge is 0.332 e. The van der Waals surface area contributed by atoms with Crippen molar-refractivity contribution < 1.29 is 9.53 Å². The molecule has 0 saturated carbocycles. The number of methoxy groups -OCH3 is 1. The normalized spacial score (nSPS) is 11.5. The number of hydrogen-bond donors (Lipinski definition) is 2. The number of benzene rings is 1. The Hall–Kier alpha value is -2.30. The second-order valence-electron chi connectivity index (χ2n) is 3.34. The minimum absolute atomic E-state index is 0.645. The van der Waals surface area contributed by atoms with Crippen LogP contribution in [0, 0.1) is 0 Å². The van der Waals surface area contributed by atoms with Gasteiger partial charge >= 0.3 is 6.03 Å². The number of nitrogens with one attached hydrogen (secondary N) is 1. The topological polar surface area (TPSA) is 76.7 Å². The number of nitrogens with two attached hydrogens (primary N) is 1. The zero-order valence-electron chi connectivity index (χ0n) is 9.81. The number of hydrogen-bond acceptors (Lipinski definition) is 3. The minimum Gasteiger partial charge on any atom is -0.497 e. The highest BCUT2D eigenvalue weighted by atomic mass is 16.5. The van der Waals surface area contributed by atoms with Crippen molar-refractivity contribution in [2.45, 2.75) is 6.92 Å². The molecule has 0 heterocycles. The van der Waals surface area contributed by atoms with Crippen LogP contribution < -0.4 is 15.9 Å². The van der Waals surface area contributed by atoms with Crippen LogP contribution >= 0.6 is 0 Å². The van der Waals surface area contributed by atoms with E-state index >= 15 is 0 Å². The van der Waals surface area contributed by atoms with Crippen molar-refractivity contribution >= 4 is 17.8 Å². The van der Waals surface area contributed by atoms with Crippen molar-refractivity contribution in [2.24, 2.45) is 10.8 Å². The third-order valence-corrected chi connectivity index (χ3v) is 1.95. The van der Waals surface area contributed by atoms with Gasteiger partial charge in [-0.2, -0.15) is 5.10 Å². The van der Waals surface area contributed by atoms with E-state index in [4.69, 9.17) is 10.5 Å². The molecule has 0 radical (unpaired) electrons. The van der Waals surface area contributed by atoms with Gasteiger partial charge in [0.05, 0.1) is 12.8 Å². The van der Waals surface area contributed by atoms with E-state index in [-0.39, 0.29) is 0 Å². The number of hydrazone groups is 1. The van der Waals surface area contributed by atoms with Gasteiger partial charge in [0.25, 0.3) is 0 Å². The summed E-state index contributed by atoms with van der Waals surface area (Å²) in [5, 5.41) is 3.76. The average Bonchev–Trinajstić information content (AvgIpc) is 2.34. The lowest BCUT2D eigenvalue weighted by Crippen LogP contribution is -2.25. The van der Waals surface area contributed by atoms with Gasteiger partial charge in [-0.25, -0.2) is 10.2 Å². The van der Waals surface area contributed by atoms with Crippen molar-refractivity contribution in [2.75, 3.05) is 7.11 Å². The number of carbonyl (C=O) groups excluding carboxylic acids is 1. The molecule has 17 heavy (non-hydrogen) atoms. The summed E-state index contributed by atoms with van der Waals surface area (Å²) in [4.78, 5) is 10.4. The Morgan fingerprint density at radius 2 is 2.29 bits per heavy atom. The average molecular weight is 233 g/mol. The number of nitrogens with zero attached hydrogens (tertiary/aromatic N) is 1. The highest BCUT2D eigenvalue weighted by molar-refractivity contribution is 5.96. The van der Waals surface area contributed by atoms with Gasteiger partial charge in [0.2, 0.25) is 0 Å². The lowest BCUT2D eigenvalue weighted by molar-refractivity contribution is 0.249. The first-order valence-corrected chi connectivity index (χ1v) is 5.03. The maximum Gasteiger partial charge on any atom is 0.332 e. The fraction of sp³-hybridized carbons (Fsp3) is 0.167. The van der Waals surface area contributed by atoms with Crippen molar-refractivity contribution in [3.63, 3.8) is 0 Å². The van der Waals surface area contributed by atoms with Crippen LogP contribution in [0.3, 0.4) is 0 Å². The van der Waals surface area contributed by atoms with E-state index < -0.39 is 6.03 Å². The predicted octanol–water partition coefficient (Wildman–Crippen LogP) is 1.75. The summed E-state index contributed by atoms with van der Waals surface area (Å²) < 4.78 is 5.10. The Kier molecular flexibility index (Phi) is 4.75. The molecular weight excluding hydrogens is 218 g/mol. The Labute approximate surface area is 100.0 Å². The summed E-state index contributed by atoms with van der Waals surface area (Å²) in [7, 11) is 1.62. The van der Waals surface area contributed by atoms with E-state index in [9.17, 15) is 4.79 Å². The van der Waals surface area contributed by atoms with Gasteiger partial charge < -0.3 is 10.5 Å². The molecule has 0 aromatic heterocycles. The number of amides is 2. The highest BCUT2D eigenvalue weighted by Gasteiger charge is 1.92. The SMILES string of the molecule is COc1cccc(/C=C/C(C)=N\NC(N)=O)c1. The molecule has 1 aromatic carbocycles. The second-order valence-corrected chi connectivity index (χ2v) is 3.34. The van der Waals surface area contributed by atoms with Crippen LogP contribution in [0.5, 0.6) is 5.75 Å². The molecular formula is C12H15N3O2. The third kappa shape index (κ3) is 4.83. The number of ether oxygens (including phenoxy) is 1. The van der Waals surface area contributed by atoms with Gasteiger partial charge in [-0.15, -0.1) is 0 Å². The summed E-state index contributed by atoms with van der Waals surface area (Å²) in [6.07, 6.45) is 3.63. The Bertz CT molecular complexity index is 453. The molecule has 0 unspecified atom stereocenters. The van der Waals surface area contributed by atoms with Gasteiger partial charge in [0.1, 0.15) is 5.75 Å². The first-order valence-electron chi connectivity index (χ1n) is 5.03. The van der Waals surface area contributed by atoms with E-state index in [0.717, 1.165) is 11.3 Å². The molecule has 0 atom stereocenters. The van der Waals surface area contributed by atoms with Crippen LogP contribution in [0.25, 0.3) is 6.08 Å². The number of rotatable bonds is 4. The fourth-order valence-electron chi connectivity index (χ4n) is 1.14. The number of primary amides is 1. The van der Waals surface area contributed by atoms with Crippen molar-refractivity contribution in [3.05, 3.63) is 35.9 Å². The molecule has 0 aliphatic carbocycles. The highest BCUT2D eigenvalue weighted by Crippen LogP contribution is 2.13. The molecule has 5 heteroatoms. The van der Waals surface area contributed by atoms with Crippen LogP contribution in [0.4, 0.5) is 4.79 Å². The molecule has 90 valence electrons. The molecule has 0 bridgehead atoms. The molecule has 0 aliphatic heterocycles. The summed E-state index contributed by atoms with van der Waals surface area (Å²) in [6, 6.07) is 6.91. The predicted molar refractivity (Wildman–Crippen MR) is 67.9 cm³/mol. The van der Waals surface area contributed by atoms with Crippen LogP contribution in [-0.2, 0) is 0 Å². The first-order chi connectivity index (χ1) is 8.11. The van der Waals surface area contributed by atoms with E-state index in [1.807, 2.05) is 30.3 Å². The monoisotopic (exact) mass is 233 g/mol. The first kappa shape index (κ1) is 12.8. The zero-order valence-corrected chi connectivity index (χ0v) is 9.81. The Morgan fingerprint density at radius 3 is 2.94 bits per heavy atom. The second kappa shape index (κ2) is 6.32. The van der Waals surface area contributed by atoms with Crippen LogP contribution in [-0.4, -0.2) is 18.9 Å². The maximum absolute atomic E-state index is 10.4. The van der Waals surface area contributed by atoms with Gasteiger partial charge in [-0.1, -0.05) is 18.2 Å².